The molecule has 1 saturated heterocycles. The second-order valence-electron chi connectivity index (χ2n) is 4.95. The number of hydrogen-bond acceptors (Lipinski definition) is 3. The maximum Gasteiger partial charge on any atom is 0.214 e. The first-order valence-corrected chi connectivity index (χ1v) is 8.91. The van der Waals surface area contributed by atoms with Crippen molar-refractivity contribution in [2.24, 2.45) is 0 Å². The van der Waals surface area contributed by atoms with Gasteiger partial charge in [0.25, 0.3) is 0 Å². The fraction of sp³-hybridized carbons (Fsp3) is 0.538. The summed E-state index contributed by atoms with van der Waals surface area (Å²) >= 11 is 2.24. The Hall–Kier alpha value is -0.180. The average molecular weight is 395 g/mol. The Kier molecular flexibility index (Phi) is 4.86. The minimum atomic E-state index is -3.26. The molecule has 19 heavy (non-hydrogen) atoms. The molecule has 0 saturated carbocycles. The summed E-state index contributed by atoms with van der Waals surface area (Å²) in [6.45, 7) is 3.94. The molecule has 1 heterocycles. The van der Waals surface area contributed by atoms with Gasteiger partial charge in [0.05, 0.1) is 17.4 Å². The zero-order chi connectivity index (χ0) is 14.0. The molecule has 2 rings (SSSR count). The monoisotopic (exact) mass is 395 g/mol. The van der Waals surface area contributed by atoms with E-state index in [9.17, 15) is 8.42 Å². The lowest BCUT2D eigenvalue weighted by Gasteiger charge is -2.21. The van der Waals surface area contributed by atoms with Gasteiger partial charge in [0.2, 0.25) is 10.0 Å². The van der Waals surface area contributed by atoms with Crippen LogP contribution in [0.1, 0.15) is 31.9 Å². The van der Waals surface area contributed by atoms with Crippen molar-refractivity contribution in [1.82, 2.24) is 4.72 Å². The third-order valence-corrected chi connectivity index (χ3v) is 5.82. The highest BCUT2D eigenvalue weighted by atomic mass is 127. The standard InChI is InChI=1S/C13H18INO3S/c1-9(2)19(16,17)15-12-7-8-18-13(12)10-3-5-11(14)6-4-10/h3-6,9,12-13,15H,7-8H2,1-2H3/t12-,13-/m0/s1. The van der Waals surface area contributed by atoms with Crippen molar-refractivity contribution in [3.05, 3.63) is 33.4 Å². The van der Waals surface area contributed by atoms with E-state index in [0.717, 1.165) is 9.13 Å². The highest BCUT2D eigenvalue weighted by Gasteiger charge is 2.33. The van der Waals surface area contributed by atoms with E-state index in [-0.39, 0.29) is 12.1 Å². The summed E-state index contributed by atoms with van der Waals surface area (Å²) in [6.07, 6.45) is 0.522. The molecule has 0 bridgehead atoms. The quantitative estimate of drug-likeness (QED) is 0.797. The summed E-state index contributed by atoms with van der Waals surface area (Å²) in [7, 11) is -3.26. The molecule has 1 aliphatic heterocycles. The zero-order valence-electron chi connectivity index (χ0n) is 11.0. The molecule has 6 heteroatoms. The Morgan fingerprint density at radius 3 is 2.53 bits per heavy atom. The molecule has 1 aliphatic rings. The van der Waals surface area contributed by atoms with Crippen molar-refractivity contribution in [2.45, 2.75) is 37.7 Å². The number of hydrogen-bond donors (Lipinski definition) is 1. The van der Waals surface area contributed by atoms with Gasteiger partial charge in [-0.05, 0) is 60.6 Å². The zero-order valence-corrected chi connectivity index (χ0v) is 13.9. The second-order valence-corrected chi connectivity index (χ2v) is 8.46. The molecule has 1 fully saturated rings. The number of halogens is 1. The van der Waals surface area contributed by atoms with Gasteiger partial charge in [0.15, 0.2) is 0 Å². The van der Waals surface area contributed by atoms with Crippen molar-refractivity contribution in [1.29, 1.82) is 0 Å². The SMILES string of the molecule is CC(C)S(=O)(=O)N[C@H]1CCO[C@H]1c1ccc(I)cc1. The van der Waals surface area contributed by atoms with Crippen LogP contribution in [0.4, 0.5) is 0 Å². The largest absolute Gasteiger partial charge is 0.372 e. The smallest absolute Gasteiger partial charge is 0.214 e. The molecule has 2 atom stereocenters. The second kappa shape index (κ2) is 6.07. The van der Waals surface area contributed by atoms with Gasteiger partial charge in [0, 0.05) is 10.2 Å². The summed E-state index contributed by atoms with van der Waals surface area (Å²) in [6, 6.07) is 7.83. The van der Waals surface area contributed by atoms with Gasteiger partial charge >= 0.3 is 0 Å². The highest BCUT2D eigenvalue weighted by molar-refractivity contribution is 14.1. The summed E-state index contributed by atoms with van der Waals surface area (Å²) in [4.78, 5) is 0. The Labute approximate surface area is 128 Å². The molecule has 0 aromatic heterocycles. The summed E-state index contributed by atoms with van der Waals surface area (Å²) < 4.78 is 33.5. The lowest BCUT2D eigenvalue weighted by molar-refractivity contribution is 0.102. The number of rotatable bonds is 4. The summed E-state index contributed by atoms with van der Waals surface area (Å²) in [5.74, 6) is 0. The maximum atomic E-state index is 11.9. The average Bonchev–Trinajstić information content (AvgIpc) is 2.77. The van der Waals surface area contributed by atoms with Crippen LogP contribution in [0, 0.1) is 3.57 Å². The topological polar surface area (TPSA) is 55.4 Å². The highest BCUT2D eigenvalue weighted by Crippen LogP contribution is 2.30. The lowest BCUT2D eigenvalue weighted by atomic mass is 10.0. The maximum absolute atomic E-state index is 11.9. The number of sulfonamides is 1. The molecule has 0 aliphatic carbocycles. The molecule has 4 nitrogen and oxygen atoms in total. The van der Waals surface area contributed by atoms with E-state index in [2.05, 4.69) is 27.3 Å². The first kappa shape index (κ1) is 15.2. The van der Waals surface area contributed by atoms with Gasteiger partial charge in [-0.25, -0.2) is 13.1 Å². The van der Waals surface area contributed by atoms with Crippen molar-refractivity contribution >= 4 is 32.6 Å². The molecule has 0 spiro atoms. The molecular weight excluding hydrogens is 377 g/mol. The Morgan fingerprint density at radius 1 is 1.32 bits per heavy atom. The van der Waals surface area contributed by atoms with Crippen LogP contribution < -0.4 is 4.72 Å². The molecule has 1 aromatic carbocycles. The molecule has 0 amide bonds. The van der Waals surface area contributed by atoms with Gasteiger partial charge in [-0.2, -0.15) is 0 Å². The number of benzene rings is 1. The normalized spacial score (nSPS) is 24.0. The van der Waals surface area contributed by atoms with Gasteiger partial charge in [0.1, 0.15) is 0 Å². The van der Waals surface area contributed by atoms with Crippen LogP contribution in [-0.4, -0.2) is 26.3 Å². The Bertz CT molecular complexity index is 527. The minimum absolute atomic E-state index is 0.174. The van der Waals surface area contributed by atoms with E-state index in [1.807, 2.05) is 24.3 Å². The van der Waals surface area contributed by atoms with Crippen LogP contribution in [0.25, 0.3) is 0 Å². The molecular formula is C13H18INO3S. The van der Waals surface area contributed by atoms with E-state index >= 15 is 0 Å². The fourth-order valence-electron chi connectivity index (χ4n) is 2.04. The van der Waals surface area contributed by atoms with Gasteiger partial charge in [-0.15, -0.1) is 0 Å². The predicted molar refractivity (Wildman–Crippen MR) is 83.4 cm³/mol. The Balaban J connectivity index is 2.15. The summed E-state index contributed by atoms with van der Waals surface area (Å²) in [5, 5.41) is -0.425. The van der Waals surface area contributed by atoms with Crippen LogP contribution in [0.2, 0.25) is 0 Å². The van der Waals surface area contributed by atoms with Crippen molar-refractivity contribution in [2.75, 3.05) is 6.61 Å². The van der Waals surface area contributed by atoms with Crippen LogP contribution >= 0.6 is 22.6 Å². The molecule has 106 valence electrons. The third kappa shape index (κ3) is 3.68. The van der Waals surface area contributed by atoms with Crippen LogP contribution in [0.5, 0.6) is 0 Å². The molecule has 1 N–H and O–H groups in total. The number of nitrogens with one attached hydrogen (secondary N) is 1. The number of ether oxygens (including phenoxy) is 1. The van der Waals surface area contributed by atoms with Gasteiger partial charge in [-0.1, -0.05) is 12.1 Å². The van der Waals surface area contributed by atoms with Gasteiger partial charge in [-0.3, -0.25) is 0 Å². The van der Waals surface area contributed by atoms with Crippen molar-refractivity contribution in [3.8, 4) is 0 Å². The van der Waals surface area contributed by atoms with E-state index in [0.29, 0.717) is 13.0 Å². The van der Waals surface area contributed by atoms with Crippen LogP contribution in [0.15, 0.2) is 24.3 Å². The molecule has 0 radical (unpaired) electrons. The Morgan fingerprint density at radius 2 is 1.95 bits per heavy atom. The van der Waals surface area contributed by atoms with Gasteiger partial charge < -0.3 is 4.74 Å². The van der Waals surface area contributed by atoms with E-state index < -0.39 is 15.3 Å². The van der Waals surface area contributed by atoms with Crippen molar-refractivity contribution in [3.63, 3.8) is 0 Å². The van der Waals surface area contributed by atoms with Crippen LogP contribution in [-0.2, 0) is 14.8 Å². The van der Waals surface area contributed by atoms with E-state index in [1.54, 1.807) is 13.8 Å². The minimum Gasteiger partial charge on any atom is -0.372 e. The lowest BCUT2D eigenvalue weighted by Crippen LogP contribution is -2.40. The fourth-order valence-corrected chi connectivity index (χ4v) is 3.33. The van der Waals surface area contributed by atoms with Crippen molar-refractivity contribution < 1.29 is 13.2 Å². The van der Waals surface area contributed by atoms with E-state index in [4.69, 9.17) is 4.74 Å². The summed E-state index contributed by atoms with van der Waals surface area (Å²) in [5.41, 5.74) is 1.02. The first-order chi connectivity index (χ1) is 8.90. The molecule has 1 aromatic rings. The third-order valence-electron chi connectivity index (χ3n) is 3.23. The molecule has 0 unspecified atom stereocenters. The van der Waals surface area contributed by atoms with E-state index in [1.165, 1.54) is 0 Å². The predicted octanol–water partition coefficient (Wildman–Crippen LogP) is 2.45. The van der Waals surface area contributed by atoms with Crippen LogP contribution in [0.3, 0.4) is 0 Å². The first-order valence-electron chi connectivity index (χ1n) is 6.28.